The maximum absolute atomic E-state index is 8.88. The molecular weight excluding hydrogens is 174 g/mol. The highest BCUT2D eigenvalue weighted by Gasteiger charge is 2.02. The molecule has 0 fully saturated rings. The average Bonchev–Trinajstić information content (AvgIpc) is 2.59. The Balaban J connectivity index is 2.69. The highest BCUT2D eigenvalue weighted by Crippen LogP contribution is 2.18. The van der Waals surface area contributed by atoms with Crippen LogP contribution in [0.15, 0.2) is 30.6 Å². The highest BCUT2D eigenvalue weighted by atomic mass is 15.1. The zero-order valence-corrected chi connectivity index (χ0v) is 8.23. The predicted octanol–water partition coefficient (Wildman–Crippen LogP) is 1.88. The number of pyridine rings is 1. The lowest BCUT2D eigenvalue weighted by atomic mass is 10.2. The molecule has 2 heterocycles. The van der Waals surface area contributed by atoms with Gasteiger partial charge in [-0.15, -0.1) is 0 Å². The summed E-state index contributed by atoms with van der Waals surface area (Å²) in [5, 5.41) is 8.88. The number of nitrogens with zero attached hydrogens (tertiary/aromatic N) is 3. The first kappa shape index (κ1) is 8.64. The number of hydrogen-bond acceptors (Lipinski definition) is 2. The largest absolute Gasteiger partial charge is 0.378 e. The minimum atomic E-state index is 0.716. The van der Waals surface area contributed by atoms with Crippen LogP contribution in [0.2, 0.25) is 0 Å². The van der Waals surface area contributed by atoms with Gasteiger partial charge in [0, 0.05) is 32.2 Å². The van der Waals surface area contributed by atoms with E-state index in [0.717, 1.165) is 11.2 Å². The number of nitriles is 1. The normalized spacial score (nSPS) is 10.1. The van der Waals surface area contributed by atoms with Crippen LogP contribution in [0.1, 0.15) is 5.56 Å². The number of aromatic nitrogens is 1. The van der Waals surface area contributed by atoms with Crippen LogP contribution in [0.4, 0.5) is 5.69 Å². The van der Waals surface area contributed by atoms with E-state index in [1.54, 1.807) is 0 Å². The molecule has 2 aromatic rings. The van der Waals surface area contributed by atoms with Gasteiger partial charge in [0.05, 0.1) is 11.1 Å². The van der Waals surface area contributed by atoms with Crippen LogP contribution in [-0.2, 0) is 0 Å². The van der Waals surface area contributed by atoms with Gasteiger partial charge >= 0.3 is 0 Å². The van der Waals surface area contributed by atoms with E-state index in [0.29, 0.717) is 5.56 Å². The first-order valence-corrected chi connectivity index (χ1v) is 4.40. The molecule has 14 heavy (non-hydrogen) atoms. The molecule has 0 aromatic carbocycles. The molecule has 0 spiro atoms. The fourth-order valence-corrected chi connectivity index (χ4v) is 1.46. The molecule has 0 bridgehead atoms. The lowest BCUT2D eigenvalue weighted by Crippen LogP contribution is -2.08. The van der Waals surface area contributed by atoms with Crippen molar-refractivity contribution in [3.63, 3.8) is 0 Å². The number of rotatable bonds is 1. The van der Waals surface area contributed by atoms with Gasteiger partial charge in [-0.05, 0) is 18.2 Å². The Bertz CT molecular complexity index is 503. The van der Waals surface area contributed by atoms with Crippen LogP contribution in [-0.4, -0.2) is 18.5 Å². The molecule has 3 heteroatoms. The zero-order chi connectivity index (χ0) is 10.1. The lowest BCUT2D eigenvalue weighted by molar-refractivity contribution is 1.11. The van der Waals surface area contributed by atoms with E-state index in [9.17, 15) is 0 Å². The van der Waals surface area contributed by atoms with E-state index in [4.69, 9.17) is 5.26 Å². The molecule has 0 saturated heterocycles. The van der Waals surface area contributed by atoms with Crippen LogP contribution in [0.5, 0.6) is 0 Å². The van der Waals surface area contributed by atoms with Gasteiger partial charge in [0.25, 0.3) is 0 Å². The molecule has 0 amide bonds. The van der Waals surface area contributed by atoms with Gasteiger partial charge < -0.3 is 9.30 Å². The van der Waals surface area contributed by atoms with Gasteiger partial charge in [0.15, 0.2) is 0 Å². The Labute approximate surface area is 82.8 Å². The van der Waals surface area contributed by atoms with E-state index < -0.39 is 0 Å². The summed E-state index contributed by atoms with van der Waals surface area (Å²) in [6.45, 7) is 0. The number of anilines is 1. The maximum Gasteiger partial charge on any atom is 0.101 e. The quantitative estimate of drug-likeness (QED) is 0.679. The molecule has 0 saturated carbocycles. The van der Waals surface area contributed by atoms with Gasteiger partial charge in [-0.3, -0.25) is 0 Å². The first-order chi connectivity index (χ1) is 6.72. The van der Waals surface area contributed by atoms with Crippen LogP contribution in [0, 0.1) is 11.3 Å². The summed E-state index contributed by atoms with van der Waals surface area (Å²) in [5.41, 5.74) is 2.78. The van der Waals surface area contributed by atoms with E-state index in [1.807, 2.05) is 54.0 Å². The minimum absolute atomic E-state index is 0.716. The van der Waals surface area contributed by atoms with Gasteiger partial charge in [0.1, 0.15) is 6.07 Å². The van der Waals surface area contributed by atoms with Gasteiger partial charge in [0.2, 0.25) is 0 Å². The molecule has 0 atom stereocenters. The van der Waals surface area contributed by atoms with Crippen molar-refractivity contribution >= 4 is 11.2 Å². The van der Waals surface area contributed by atoms with Gasteiger partial charge in [-0.2, -0.15) is 5.26 Å². The summed E-state index contributed by atoms with van der Waals surface area (Å²) >= 11 is 0. The lowest BCUT2D eigenvalue weighted by Gasteiger charge is -2.12. The van der Waals surface area contributed by atoms with Crippen molar-refractivity contribution in [3.05, 3.63) is 36.2 Å². The monoisotopic (exact) mass is 185 g/mol. The fraction of sp³-hybridized carbons (Fsp3) is 0.182. The second-order valence-electron chi connectivity index (χ2n) is 3.41. The summed E-state index contributed by atoms with van der Waals surface area (Å²) in [7, 11) is 3.97. The van der Waals surface area contributed by atoms with Crippen molar-refractivity contribution in [3.8, 4) is 6.07 Å². The second kappa shape index (κ2) is 3.08. The molecule has 0 aliphatic heterocycles. The molecule has 0 aliphatic carbocycles. The Kier molecular flexibility index (Phi) is 1.90. The highest BCUT2D eigenvalue weighted by molar-refractivity contribution is 5.67. The third kappa shape index (κ3) is 1.21. The molecule has 3 nitrogen and oxygen atoms in total. The Morgan fingerprint density at radius 1 is 1.29 bits per heavy atom. The Morgan fingerprint density at radius 3 is 2.64 bits per heavy atom. The molecule has 2 rings (SSSR count). The standard InChI is InChI=1S/C11H11N3/c1-13(2)10-4-6-14-5-3-9(8-12)11(14)7-10/h3-7H,1-2H3. The SMILES string of the molecule is CN(C)c1ccn2ccc(C#N)c2c1. The summed E-state index contributed by atoms with van der Waals surface area (Å²) in [5.74, 6) is 0. The average molecular weight is 185 g/mol. The number of fused-ring (bicyclic) bond motifs is 1. The Morgan fingerprint density at radius 2 is 2.00 bits per heavy atom. The van der Waals surface area contributed by atoms with Crippen molar-refractivity contribution in [1.29, 1.82) is 5.26 Å². The molecule has 0 radical (unpaired) electrons. The zero-order valence-electron chi connectivity index (χ0n) is 8.23. The summed E-state index contributed by atoms with van der Waals surface area (Å²) in [6.07, 6.45) is 3.86. The van der Waals surface area contributed by atoms with Crippen molar-refractivity contribution in [1.82, 2.24) is 4.40 Å². The van der Waals surface area contributed by atoms with Crippen LogP contribution in [0.25, 0.3) is 5.52 Å². The van der Waals surface area contributed by atoms with E-state index >= 15 is 0 Å². The summed E-state index contributed by atoms with van der Waals surface area (Å²) in [4.78, 5) is 2.02. The molecular formula is C11H11N3. The van der Waals surface area contributed by atoms with Crippen LogP contribution >= 0.6 is 0 Å². The fourth-order valence-electron chi connectivity index (χ4n) is 1.46. The first-order valence-electron chi connectivity index (χ1n) is 4.40. The Hall–Kier alpha value is -1.95. The van der Waals surface area contributed by atoms with E-state index in [1.165, 1.54) is 0 Å². The van der Waals surface area contributed by atoms with Gasteiger partial charge in [-0.25, -0.2) is 0 Å². The third-order valence-electron chi connectivity index (χ3n) is 2.28. The van der Waals surface area contributed by atoms with E-state index in [-0.39, 0.29) is 0 Å². The summed E-state index contributed by atoms with van der Waals surface area (Å²) in [6, 6.07) is 8.04. The van der Waals surface area contributed by atoms with Crippen molar-refractivity contribution in [2.24, 2.45) is 0 Å². The molecule has 70 valence electrons. The van der Waals surface area contributed by atoms with Crippen LogP contribution < -0.4 is 4.90 Å². The number of hydrogen-bond donors (Lipinski definition) is 0. The van der Waals surface area contributed by atoms with E-state index in [2.05, 4.69) is 6.07 Å². The molecule has 2 aromatic heterocycles. The van der Waals surface area contributed by atoms with Crippen molar-refractivity contribution < 1.29 is 0 Å². The van der Waals surface area contributed by atoms with Gasteiger partial charge in [-0.1, -0.05) is 0 Å². The minimum Gasteiger partial charge on any atom is -0.378 e. The van der Waals surface area contributed by atoms with Crippen molar-refractivity contribution in [2.45, 2.75) is 0 Å². The molecule has 0 N–H and O–H groups in total. The third-order valence-corrected chi connectivity index (χ3v) is 2.28. The summed E-state index contributed by atoms with van der Waals surface area (Å²) < 4.78 is 1.95. The molecule has 0 unspecified atom stereocenters. The van der Waals surface area contributed by atoms with Crippen molar-refractivity contribution in [2.75, 3.05) is 19.0 Å². The smallest absolute Gasteiger partial charge is 0.101 e. The molecule has 0 aliphatic rings. The maximum atomic E-state index is 8.88. The van der Waals surface area contributed by atoms with Crippen LogP contribution in [0.3, 0.4) is 0 Å². The predicted molar refractivity (Wildman–Crippen MR) is 56.4 cm³/mol. The topological polar surface area (TPSA) is 31.4 Å². The second-order valence-corrected chi connectivity index (χ2v) is 3.41.